The van der Waals surface area contributed by atoms with Crippen molar-refractivity contribution in [2.75, 3.05) is 0 Å². The largest absolute Gasteiger partial charge is 0.269 e. The van der Waals surface area contributed by atoms with Gasteiger partial charge in [-0.2, -0.15) is 0 Å². The molecule has 116 valence electrons. The molecule has 1 aliphatic carbocycles. The third-order valence-corrected chi connectivity index (χ3v) is 3.93. The topological polar surface area (TPSA) is 74.8 Å². The molecule has 1 unspecified atom stereocenters. The molecule has 2 heterocycles. The fourth-order valence-electron chi connectivity index (χ4n) is 2.73. The Morgan fingerprint density at radius 3 is 2.00 bits per heavy atom. The quantitative estimate of drug-likeness (QED) is 0.713. The van der Waals surface area contributed by atoms with E-state index in [1.54, 1.807) is 32.1 Å². The van der Waals surface area contributed by atoms with E-state index in [9.17, 15) is 19.2 Å². The summed E-state index contributed by atoms with van der Waals surface area (Å²) in [6, 6.07) is -0.616. The first kappa shape index (κ1) is 14.9. The number of hydrogen-bond acceptors (Lipinski definition) is 4. The average molecular weight is 310 g/mol. The molecule has 6 heteroatoms. The number of hydrogen-bond donors (Lipinski definition) is 0. The van der Waals surface area contributed by atoms with Gasteiger partial charge in [0.2, 0.25) is 0 Å². The Labute approximate surface area is 132 Å². The third-order valence-electron chi connectivity index (χ3n) is 3.93. The van der Waals surface area contributed by atoms with Gasteiger partial charge in [0.1, 0.15) is 0 Å². The summed E-state index contributed by atoms with van der Waals surface area (Å²) in [5.74, 6) is -1.57. The molecule has 0 N–H and O–H groups in total. The monoisotopic (exact) mass is 310 g/mol. The van der Waals surface area contributed by atoms with Crippen LogP contribution in [0.15, 0.2) is 59.4 Å². The molecule has 23 heavy (non-hydrogen) atoms. The van der Waals surface area contributed by atoms with Crippen LogP contribution in [0.25, 0.3) is 0 Å². The van der Waals surface area contributed by atoms with Gasteiger partial charge >= 0.3 is 0 Å². The molecule has 0 fully saturated rings. The molecule has 0 saturated carbocycles. The van der Waals surface area contributed by atoms with Gasteiger partial charge in [0.15, 0.2) is 0 Å². The van der Waals surface area contributed by atoms with Crippen molar-refractivity contribution in [3.8, 4) is 0 Å². The third kappa shape index (κ3) is 2.19. The normalized spacial score (nSPS) is 24.5. The van der Waals surface area contributed by atoms with E-state index >= 15 is 0 Å². The van der Waals surface area contributed by atoms with E-state index in [0.717, 1.165) is 9.80 Å². The highest BCUT2D eigenvalue weighted by Gasteiger charge is 2.37. The van der Waals surface area contributed by atoms with E-state index in [1.165, 1.54) is 12.2 Å². The molecule has 1 atom stereocenters. The first-order chi connectivity index (χ1) is 10.8. The minimum absolute atomic E-state index is 0.363. The molecule has 0 aromatic rings. The molecule has 4 amide bonds. The zero-order valence-corrected chi connectivity index (χ0v) is 12.7. The molecular formula is C17H14N2O4. The van der Waals surface area contributed by atoms with Crippen LogP contribution in [0, 0.1) is 0 Å². The summed E-state index contributed by atoms with van der Waals surface area (Å²) in [5.41, 5.74) is 1.56. The van der Waals surface area contributed by atoms with Crippen LogP contribution in [0.3, 0.4) is 0 Å². The van der Waals surface area contributed by atoms with Crippen LogP contribution in [-0.2, 0) is 19.2 Å². The molecule has 0 radical (unpaired) electrons. The van der Waals surface area contributed by atoms with Crippen LogP contribution in [-0.4, -0.2) is 39.5 Å². The number of nitrogens with zero attached hydrogens (tertiary/aromatic N) is 2. The predicted octanol–water partition coefficient (Wildman–Crippen LogP) is 0.995. The van der Waals surface area contributed by atoms with Crippen molar-refractivity contribution in [1.29, 1.82) is 0 Å². The highest BCUT2D eigenvalue weighted by molar-refractivity contribution is 6.18. The van der Waals surface area contributed by atoms with Crippen molar-refractivity contribution in [1.82, 2.24) is 9.80 Å². The van der Waals surface area contributed by atoms with Crippen LogP contribution in [0.2, 0.25) is 0 Å². The number of imide groups is 2. The smallest absolute Gasteiger partial charge is 0.261 e. The molecular weight excluding hydrogens is 296 g/mol. The molecule has 3 rings (SSSR count). The fourth-order valence-corrected chi connectivity index (χ4v) is 2.73. The van der Waals surface area contributed by atoms with E-state index in [4.69, 9.17) is 0 Å². The zero-order valence-electron chi connectivity index (χ0n) is 12.7. The summed E-state index contributed by atoms with van der Waals surface area (Å²) in [5, 5.41) is 0. The summed E-state index contributed by atoms with van der Waals surface area (Å²) in [6.07, 6.45) is 7.24. The lowest BCUT2D eigenvalue weighted by Gasteiger charge is -2.28. The van der Waals surface area contributed by atoms with Crippen LogP contribution < -0.4 is 0 Å². The minimum atomic E-state index is -0.616. The van der Waals surface area contributed by atoms with Gasteiger partial charge in [-0.15, -0.1) is 0 Å². The van der Waals surface area contributed by atoms with Gasteiger partial charge in [0, 0.05) is 23.3 Å². The predicted molar refractivity (Wildman–Crippen MR) is 81.4 cm³/mol. The van der Waals surface area contributed by atoms with Crippen LogP contribution in [0.1, 0.15) is 13.8 Å². The van der Waals surface area contributed by atoms with Crippen molar-refractivity contribution in [2.24, 2.45) is 0 Å². The summed E-state index contributed by atoms with van der Waals surface area (Å²) in [6.45, 7) is 7.01. The van der Waals surface area contributed by atoms with Crippen LogP contribution in [0.5, 0.6) is 0 Å². The lowest BCUT2D eigenvalue weighted by Crippen LogP contribution is -2.41. The maximum absolute atomic E-state index is 12.1. The lowest BCUT2D eigenvalue weighted by molar-refractivity contribution is -0.139. The van der Waals surface area contributed by atoms with E-state index in [2.05, 4.69) is 6.58 Å². The molecule has 3 aliphatic rings. The summed E-state index contributed by atoms with van der Waals surface area (Å²) < 4.78 is 0. The number of allylic oxidation sites excluding steroid dienone is 1. The second kappa shape index (κ2) is 5.01. The standard InChI is InChI=1S/C17H14N2O4/c1-9-6-12(18-14(20)7-10(2)16(18)22)4-5-13(9)19-15(21)8-11(3)17(19)23/h4-8,13H,1H2,2-3H3. The molecule has 6 nitrogen and oxygen atoms in total. The van der Waals surface area contributed by atoms with Crippen molar-refractivity contribution in [3.05, 3.63) is 59.4 Å². The first-order valence-corrected chi connectivity index (χ1v) is 7.02. The molecule has 0 saturated heterocycles. The molecule has 0 aromatic heterocycles. The van der Waals surface area contributed by atoms with Crippen molar-refractivity contribution in [3.63, 3.8) is 0 Å². The Bertz CT molecular complexity index is 810. The molecule has 0 aromatic carbocycles. The second-order valence-corrected chi connectivity index (χ2v) is 5.59. The number of carbonyl (C=O) groups excluding carboxylic acids is 4. The Kier molecular flexibility index (Phi) is 3.25. The average Bonchev–Trinajstić information content (AvgIpc) is 2.87. The Balaban J connectivity index is 1.85. The molecule has 0 spiro atoms. The SMILES string of the molecule is C=C1C=C(N2C(=O)C=C(C)C2=O)C=CC1N1C(=O)C=C(C)C1=O. The molecule has 0 bridgehead atoms. The number of amides is 4. The van der Waals surface area contributed by atoms with Gasteiger partial charge in [-0.3, -0.25) is 24.1 Å². The Hall–Kier alpha value is -3.02. The van der Waals surface area contributed by atoms with Crippen LogP contribution in [0.4, 0.5) is 0 Å². The maximum atomic E-state index is 12.1. The van der Waals surface area contributed by atoms with E-state index in [0.29, 0.717) is 22.4 Å². The summed E-state index contributed by atoms with van der Waals surface area (Å²) >= 11 is 0. The highest BCUT2D eigenvalue weighted by Crippen LogP contribution is 2.28. The van der Waals surface area contributed by atoms with Gasteiger partial charge in [0.25, 0.3) is 23.6 Å². The van der Waals surface area contributed by atoms with Crippen molar-refractivity contribution < 1.29 is 19.2 Å². The maximum Gasteiger partial charge on any atom is 0.261 e. The lowest BCUT2D eigenvalue weighted by atomic mass is 9.99. The fraction of sp³-hybridized carbons (Fsp3) is 0.176. The highest BCUT2D eigenvalue weighted by atomic mass is 16.2. The number of rotatable bonds is 2. The second-order valence-electron chi connectivity index (χ2n) is 5.59. The van der Waals surface area contributed by atoms with Gasteiger partial charge in [0.05, 0.1) is 11.7 Å². The summed E-state index contributed by atoms with van der Waals surface area (Å²) in [4.78, 5) is 50.0. The minimum Gasteiger partial charge on any atom is -0.269 e. The van der Waals surface area contributed by atoms with Gasteiger partial charge < -0.3 is 0 Å². The van der Waals surface area contributed by atoms with E-state index in [1.807, 2.05) is 0 Å². The van der Waals surface area contributed by atoms with Crippen LogP contribution >= 0.6 is 0 Å². The van der Waals surface area contributed by atoms with E-state index in [-0.39, 0.29) is 11.8 Å². The van der Waals surface area contributed by atoms with Gasteiger partial charge in [-0.25, -0.2) is 4.90 Å². The van der Waals surface area contributed by atoms with E-state index < -0.39 is 17.9 Å². The zero-order chi connectivity index (χ0) is 16.9. The first-order valence-electron chi connectivity index (χ1n) is 7.02. The Morgan fingerprint density at radius 2 is 1.52 bits per heavy atom. The van der Waals surface area contributed by atoms with Gasteiger partial charge in [-0.05, 0) is 31.6 Å². The number of carbonyl (C=O) groups is 4. The molecule has 2 aliphatic heterocycles. The van der Waals surface area contributed by atoms with Gasteiger partial charge in [-0.1, -0.05) is 12.7 Å². The van der Waals surface area contributed by atoms with Crippen molar-refractivity contribution in [2.45, 2.75) is 19.9 Å². The Morgan fingerprint density at radius 1 is 0.913 bits per heavy atom. The van der Waals surface area contributed by atoms with Crippen molar-refractivity contribution >= 4 is 23.6 Å². The summed E-state index contributed by atoms with van der Waals surface area (Å²) in [7, 11) is 0.